The van der Waals surface area contributed by atoms with Crippen LogP contribution in [0.3, 0.4) is 0 Å². The van der Waals surface area contributed by atoms with Crippen molar-refractivity contribution in [2.45, 2.75) is 25.0 Å². The molecule has 2 aliphatic heterocycles. The van der Waals surface area contributed by atoms with E-state index in [-0.39, 0.29) is 5.28 Å². The van der Waals surface area contributed by atoms with Crippen molar-refractivity contribution in [3.8, 4) is 0 Å². The van der Waals surface area contributed by atoms with Crippen LogP contribution in [0.25, 0.3) is 21.8 Å². The van der Waals surface area contributed by atoms with Gasteiger partial charge in [0, 0.05) is 45.2 Å². The first-order valence-corrected chi connectivity index (χ1v) is 11.9. The third-order valence-electron chi connectivity index (χ3n) is 5.37. The molecule has 0 N–H and O–H groups in total. The van der Waals surface area contributed by atoms with Gasteiger partial charge in [0.05, 0.1) is 23.2 Å². The van der Waals surface area contributed by atoms with Crippen LogP contribution in [-0.2, 0) is 4.74 Å². The Hall–Kier alpha value is -1.87. The Morgan fingerprint density at radius 1 is 0.839 bits per heavy atom. The highest BCUT2D eigenvalue weighted by Gasteiger charge is 2.34. The van der Waals surface area contributed by atoms with E-state index in [4.69, 9.17) is 16.3 Å². The number of halogens is 3. The summed E-state index contributed by atoms with van der Waals surface area (Å²) in [6.07, 6.45) is 6.67. The first kappa shape index (κ1) is 21.0. The maximum atomic E-state index is 5.85. The minimum absolute atomic E-state index is 0.282. The van der Waals surface area contributed by atoms with Gasteiger partial charge in [-0.15, -0.1) is 0 Å². The highest BCUT2D eigenvalue weighted by Crippen LogP contribution is 2.29. The van der Waals surface area contributed by atoms with E-state index in [2.05, 4.69) is 56.7 Å². The van der Waals surface area contributed by atoms with Crippen LogP contribution in [0.5, 0.6) is 0 Å². The molecule has 2 saturated heterocycles. The molecule has 6 nitrogen and oxygen atoms in total. The number of morpholine rings is 1. The molecule has 9 heteroatoms. The Morgan fingerprint density at radius 3 is 2.06 bits per heavy atom. The standard InChI is InChI=1S/C14H14BrN3O.C8H4BrClN2/c15-10-1-4-13-9(5-10)6-16-14(17-13)18-7-11-2-3-12(8-18)19-11;9-6-1-2-7-5(3-6)4-11-8(10)12-7/h1,4-6,11-12H,2-3,7-8H2;1-4H/t11-,12+;. The summed E-state index contributed by atoms with van der Waals surface area (Å²) in [7, 11) is 0. The van der Waals surface area contributed by atoms with Crippen molar-refractivity contribution in [1.82, 2.24) is 19.9 Å². The van der Waals surface area contributed by atoms with Crippen LogP contribution in [0.15, 0.2) is 57.7 Å². The summed E-state index contributed by atoms with van der Waals surface area (Å²) in [6.45, 7) is 1.83. The van der Waals surface area contributed by atoms with E-state index < -0.39 is 0 Å². The van der Waals surface area contributed by atoms with E-state index in [0.29, 0.717) is 12.2 Å². The third-order valence-corrected chi connectivity index (χ3v) is 6.54. The van der Waals surface area contributed by atoms with Crippen LogP contribution >= 0.6 is 43.5 Å². The Bertz CT molecular complexity index is 1200. The topological polar surface area (TPSA) is 64.0 Å². The Morgan fingerprint density at radius 2 is 1.42 bits per heavy atom. The predicted octanol–water partition coefficient (Wildman–Crippen LogP) is 5.81. The van der Waals surface area contributed by atoms with E-state index >= 15 is 0 Å². The zero-order chi connectivity index (χ0) is 21.4. The molecule has 2 atom stereocenters. The fourth-order valence-electron chi connectivity index (χ4n) is 3.91. The van der Waals surface area contributed by atoms with Crippen molar-refractivity contribution in [3.63, 3.8) is 0 Å². The van der Waals surface area contributed by atoms with Gasteiger partial charge in [-0.3, -0.25) is 0 Å². The Balaban J connectivity index is 0.000000147. The van der Waals surface area contributed by atoms with E-state index in [1.54, 1.807) is 6.20 Å². The lowest BCUT2D eigenvalue weighted by Crippen LogP contribution is -2.43. The van der Waals surface area contributed by atoms with E-state index in [1.807, 2.05) is 42.6 Å². The number of hydrogen-bond donors (Lipinski definition) is 0. The molecule has 0 saturated carbocycles. The smallest absolute Gasteiger partial charge is 0.226 e. The molecule has 158 valence electrons. The van der Waals surface area contributed by atoms with Crippen molar-refractivity contribution in [1.29, 1.82) is 0 Å². The molecule has 0 spiro atoms. The minimum atomic E-state index is 0.282. The monoisotopic (exact) mass is 561 g/mol. The third kappa shape index (κ3) is 4.82. The van der Waals surface area contributed by atoms with Crippen molar-refractivity contribution in [2.75, 3.05) is 18.0 Å². The van der Waals surface area contributed by atoms with Gasteiger partial charge in [-0.25, -0.2) is 19.9 Å². The minimum Gasteiger partial charge on any atom is -0.371 e. The number of aromatic nitrogens is 4. The first-order chi connectivity index (χ1) is 15.0. The molecule has 0 unspecified atom stereocenters. The molecular formula is C22H18Br2ClN5O. The molecule has 4 aromatic rings. The van der Waals surface area contributed by atoms with E-state index in [1.165, 1.54) is 12.8 Å². The molecule has 0 radical (unpaired) electrons. The van der Waals surface area contributed by atoms with Crippen LogP contribution in [0.4, 0.5) is 5.95 Å². The second-order valence-electron chi connectivity index (χ2n) is 7.58. The molecule has 0 aliphatic carbocycles. The van der Waals surface area contributed by atoms with Gasteiger partial charge in [0.25, 0.3) is 0 Å². The number of ether oxygens (including phenoxy) is 1. The number of anilines is 1. The number of nitrogens with zero attached hydrogens (tertiary/aromatic N) is 5. The summed E-state index contributed by atoms with van der Waals surface area (Å²) in [6, 6.07) is 11.9. The lowest BCUT2D eigenvalue weighted by molar-refractivity contribution is 0.0299. The number of hydrogen-bond acceptors (Lipinski definition) is 6. The second-order valence-corrected chi connectivity index (χ2v) is 9.75. The second kappa shape index (κ2) is 8.94. The molecular weight excluding hydrogens is 546 g/mol. The molecule has 4 heterocycles. The summed E-state index contributed by atoms with van der Waals surface area (Å²) < 4.78 is 7.92. The van der Waals surface area contributed by atoms with Gasteiger partial charge >= 0.3 is 0 Å². The SMILES string of the molecule is Brc1ccc2nc(N3C[C@H]4CC[C@@H](C3)O4)ncc2c1.Clc1ncc2cc(Br)ccc2n1. The summed E-state index contributed by atoms with van der Waals surface area (Å²) in [5, 5.41) is 2.33. The van der Waals surface area contributed by atoms with Gasteiger partial charge in [-0.1, -0.05) is 31.9 Å². The van der Waals surface area contributed by atoms with Crippen LogP contribution in [0.1, 0.15) is 12.8 Å². The van der Waals surface area contributed by atoms with Crippen LogP contribution in [0, 0.1) is 0 Å². The van der Waals surface area contributed by atoms with Crippen LogP contribution in [0.2, 0.25) is 5.28 Å². The summed E-state index contributed by atoms with van der Waals surface area (Å²) in [4.78, 5) is 19.4. The molecule has 6 rings (SSSR count). The van der Waals surface area contributed by atoms with Crippen LogP contribution in [-0.4, -0.2) is 45.2 Å². The van der Waals surface area contributed by atoms with Gasteiger partial charge in [0.1, 0.15) is 0 Å². The lowest BCUT2D eigenvalue weighted by atomic mass is 10.2. The zero-order valence-corrected chi connectivity index (χ0v) is 20.3. The number of rotatable bonds is 1. The molecule has 2 aliphatic rings. The average molecular weight is 564 g/mol. The van der Waals surface area contributed by atoms with E-state index in [0.717, 1.165) is 49.8 Å². The van der Waals surface area contributed by atoms with Crippen molar-refractivity contribution < 1.29 is 4.74 Å². The van der Waals surface area contributed by atoms with Gasteiger partial charge in [-0.05, 0) is 60.8 Å². The first-order valence-electron chi connectivity index (χ1n) is 9.94. The maximum Gasteiger partial charge on any atom is 0.226 e. The molecule has 31 heavy (non-hydrogen) atoms. The van der Waals surface area contributed by atoms with Crippen LogP contribution < -0.4 is 4.90 Å². The number of benzene rings is 2. The largest absolute Gasteiger partial charge is 0.371 e. The molecule has 0 amide bonds. The normalized spacial score (nSPS) is 20.0. The van der Waals surface area contributed by atoms with Gasteiger partial charge in [0.15, 0.2) is 0 Å². The highest BCUT2D eigenvalue weighted by molar-refractivity contribution is 9.10. The zero-order valence-electron chi connectivity index (χ0n) is 16.4. The predicted molar refractivity (Wildman–Crippen MR) is 130 cm³/mol. The summed E-state index contributed by atoms with van der Waals surface area (Å²) >= 11 is 12.5. The van der Waals surface area contributed by atoms with Crippen molar-refractivity contribution >= 4 is 71.2 Å². The summed E-state index contributed by atoms with van der Waals surface area (Å²) in [5.74, 6) is 0.829. The average Bonchev–Trinajstić information content (AvgIpc) is 3.11. The van der Waals surface area contributed by atoms with Gasteiger partial charge < -0.3 is 9.64 Å². The lowest BCUT2D eigenvalue weighted by Gasteiger charge is -2.32. The highest BCUT2D eigenvalue weighted by atomic mass is 79.9. The molecule has 2 aromatic carbocycles. The van der Waals surface area contributed by atoms with E-state index in [9.17, 15) is 0 Å². The number of fused-ring (bicyclic) bond motifs is 4. The van der Waals surface area contributed by atoms with Gasteiger partial charge in [0.2, 0.25) is 11.2 Å². The molecule has 2 aromatic heterocycles. The fourth-order valence-corrected chi connectivity index (χ4v) is 4.80. The Labute approximate surface area is 201 Å². The van der Waals surface area contributed by atoms with Crippen molar-refractivity contribution in [2.24, 2.45) is 0 Å². The maximum absolute atomic E-state index is 5.85. The van der Waals surface area contributed by atoms with Gasteiger partial charge in [-0.2, -0.15) is 0 Å². The summed E-state index contributed by atoms with van der Waals surface area (Å²) in [5.41, 5.74) is 1.85. The molecule has 2 bridgehead atoms. The Kier molecular flexibility index (Phi) is 6.05. The van der Waals surface area contributed by atoms with Crippen molar-refractivity contribution in [3.05, 3.63) is 63.0 Å². The molecule has 2 fully saturated rings. The fraction of sp³-hybridized carbons (Fsp3) is 0.273. The quantitative estimate of drug-likeness (QED) is 0.273.